The van der Waals surface area contributed by atoms with E-state index in [1.54, 1.807) is 19.9 Å². The van der Waals surface area contributed by atoms with Crippen molar-refractivity contribution in [2.75, 3.05) is 11.9 Å². The lowest BCUT2D eigenvalue weighted by Crippen LogP contribution is -2.43. The minimum atomic E-state index is -3.84. The summed E-state index contributed by atoms with van der Waals surface area (Å²) in [5.74, 6) is -0.0791. The summed E-state index contributed by atoms with van der Waals surface area (Å²) in [6, 6.07) is 6.67. The van der Waals surface area contributed by atoms with Gasteiger partial charge in [0.1, 0.15) is 16.6 Å². The van der Waals surface area contributed by atoms with Crippen molar-refractivity contribution in [1.29, 1.82) is 0 Å². The van der Waals surface area contributed by atoms with E-state index in [0.29, 0.717) is 30.8 Å². The topological polar surface area (TPSA) is 92.5 Å². The summed E-state index contributed by atoms with van der Waals surface area (Å²) in [6.07, 6.45) is 1.12. The fourth-order valence-corrected chi connectivity index (χ4v) is 5.13. The van der Waals surface area contributed by atoms with Crippen molar-refractivity contribution < 1.29 is 17.7 Å². The van der Waals surface area contributed by atoms with Crippen molar-refractivity contribution in [2.45, 2.75) is 44.6 Å². The monoisotopic (exact) mass is 363 g/mol. The maximum absolute atomic E-state index is 13.0. The fraction of sp³-hybridized carbons (Fsp3) is 0.412. The van der Waals surface area contributed by atoms with E-state index in [4.69, 9.17) is 4.52 Å². The Hall–Kier alpha value is -2.19. The molecule has 1 aliphatic heterocycles. The number of nitrogens with zero attached hydrogens (tertiary/aromatic N) is 2. The normalized spacial score (nSPS) is 18.4. The van der Waals surface area contributed by atoms with Crippen LogP contribution in [0.15, 0.2) is 33.7 Å². The number of para-hydroxylation sites is 1. The molecule has 0 spiro atoms. The number of rotatable bonds is 4. The molecule has 0 radical (unpaired) electrons. The number of nitrogens with one attached hydrogen (secondary N) is 1. The largest absolute Gasteiger partial charge is 0.360 e. The highest BCUT2D eigenvalue weighted by molar-refractivity contribution is 7.89. The molecule has 1 saturated heterocycles. The number of aryl methyl sites for hydroxylation is 3. The Balaban J connectivity index is 1.88. The van der Waals surface area contributed by atoms with Gasteiger partial charge in [-0.2, -0.15) is 4.31 Å². The third-order valence-electron chi connectivity index (χ3n) is 4.44. The Kier molecular flexibility index (Phi) is 4.66. The highest BCUT2D eigenvalue weighted by Gasteiger charge is 2.41. The molecular weight excluding hydrogens is 342 g/mol. The molecule has 1 N–H and O–H groups in total. The molecule has 1 fully saturated rings. The Morgan fingerprint density at radius 1 is 1.28 bits per heavy atom. The molecule has 1 aromatic carbocycles. The summed E-state index contributed by atoms with van der Waals surface area (Å²) in [6.45, 7) is 5.34. The predicted octanol–water partition coefficient (Wildman–Crippen LogP) is 2.39. The van der Waals surface area contributed by atoms with E-state index in [0.717, 1.165) is 5.56 Å². The average molecular weight is 363 g/mol. The van der Waals surface area contributed by atoms with Gasteiger partial charge in [-0.05, 0) is 45.2 Å². The van der Waals surface area contributed by atoms with Crippen LogP contribution in [0.1, 0.15) is 29.9 Å². The number of hydrogen-bond acceptors (Lipinski definition) is 5. The third kappa shape index (κ3) is 3.19. The lowest BCUT2D eigenvalue weighted by atomic mass is 10.1. The van der Waals surface area contributed by atoms with Gasteiger partial charge in [-0.1, -0.05) is 23.4 Å². The summed E-state index contributed by atoms with van der Waals surface area (Å²) >= 11 is 0. The van der Waals surface area contributed by atoms with Gasteiger partial charge in [-0.15, -0.1) is 0 Å². The van der Waals surface area contributed by atoms with Gasteiger partial charge in [0.15, 0.2) is 5.76 Å². The molecule has 2 aromatic rings. The van der Waals surface area contributed by atoms with E-state index in [9.17, 15) is 13.2 Å². The number of hydrogen-bond donors (Lipinski definition) is 1. The average Bonchev–Trinajstić information content (AvgIpc) is 3.17. The first-order chi connectivity index (χ1) is 11.8. The van der Waals surface area contributed by atoms with Gasteiger partial charge in [0.25, 0.3) is 0 Å². The second-order valence-electron chi connectivity index (χ2n) is 6.23. The van der Waals surface area contributed by atoms with Crippen LogP contribution in [0, 0.1) is 20.8 Å². The van der Waals surface area contributed by atoms with E-state index >= 15 is 0 Å². The van der Waals surface area contributed by atoms with Gasteiger partial charge in [-0.3, -0.25) is 4.79 Å². The zero-order chi connectivity index (χ0) is 18.2. The third-order valence-corrected chi connectivity index (χ3v) is 6.60. The van der Waals surface area contributed by atoms with E-state index in [1.165, 1.54) is 4.31 Å². The molecule has 3 rings (SSSR count). The van der Waals surface area contributed by atoms with E-state index in [-0.39, 0.29) is 16.6 Å². The summed E-state index contributed by atoms with van der Waals surface area (Å²) in [7, 11) is -3.84. The summed E-state index contributed by atoms with van der Waals surface area (Å²) < 4.78 is 32.3. The number of carbonyl (C=O) groups is 1. The van der Waals surface area contributed by atoms with Crippen molar-refractivity contribution in [3.05, 3.63) is 41.3 Å². The second kappa shape index (κ2) is 6.61. The van der Waals surface area contributed by atoms with E-state index in [2.05, 4.69) is 10.5 Å². The van der Waals surface area contributed by atoms with Crippen molar-refractivity contribution in [3.8, 4) is 0 Å². The van der Waals surface area contributed by atoms with Crippen LogP contribution in [0.25, 0.3) is 0 Å². The number of amides is 1. The molecule has 0 unspecified atom stereocenters. The quantitative estimate of drug-likeness (QED) is 0.900. The zero-order valence-electron chi connectivity index (χ0n) is 14.4. The molecule has 0 aliphatic carbocycles. The van der Waals surface area contributed by atoms with Crippen LogP contribution in [0.4, 0.5) is 5.69 Å². The highest BCUT2D eigenvalue weighted by Crippen LogP contribution is 2.30. The maximum atomic E-state index is 13.0. The van der Waals surface area contributed by atoms with Gasteiger partial charge < -0.3 is 9.84 Å². The van der Waals surface area contributed by atoms with Crippen LogP contribution in [0.3, 0.4) is 0 Å². The fourth-order valence-electron chi connectivity index (χ4n) is 3.18. The molecule has 1 aromatic heterocycles. The van der Waals surface area contributed by atoms with Crippen molar-refractivity contribution in [2.24, 2.45) is 0 Å². The van der Waals surface area contributed by atoms with Gasteiger partial charge in [0.05, 0.1) is 0 Å². The number of aromatic nitrogens is 1. The molecular formula is C17H21N3O4S. The number of carbonyl (C=O) groups excluding carboxylic acids is 1. The minimum Gasteiger partial charge on any atom is -0.360 e. The van der Waals surface area contributed by atoms with Crippen molar-refractivity contribution >= 4 is 21.6 Å². The van der Waals surface area contributed by atoms with Gasteiger partial charge in [0, 0.05) is 12.2 Å². The van der Waals surface area contributed by atoms with Crippen LogP contribution in [0.5, 0.6) is 0 Å². The smallest absolute Gasteiger partial charge is 0.249 e. The van der Waals surface area contributed by atoms with Crippen LogP contribution >= 0.6 is 0 Å². The lowest BCUT2D eigenvalue weighted by Gasteiger charge is -2.23. The van der Waals surface area contributed by atoms with Gasteiger partial charge in [-0.25, -0.2) is 8.42 Å². The Bertz CT molecular complexity index is 885. The minimum absolute atomic E-state index is 0.0584. The SMILES string of the molecule is Cc1ccccc1NC(=O)[C@@H]1CCCN1S(=O)(=O)c1c(C)noc1C. The van der Waals surface area contributed by atoms with Crippen LogP contribution < -0.4 is 5.32 Å². The molecule has 0 saturated carbocycles. The number of sulfonamides is 1. The van der Waals surface area contributed by atoms with Crippen LogP contribution in [0.2, 0.25) is 0 Å². The van der Waals surface area contributed by atoms with Crippen LogP contribution in [-0.4, -0.2) is 36.4 Å². The number of anilines is 1. The Labute approximate surface area is 147 Å². The zero-order valence-corrected chi connectivity index (χ0v) is 15.3. The first kappa shape index (κ1) is 17.6. The predicted molar refractivity (Wildman–Crippen MR) is 92.7 cm³/mol. The summed E-state index contributed by atoms with van der Waals surface area (Å²) in [4.78, 5) is 12.8. The molecule has 1 amide bonds. The van der Waals surface area contributed by atoms with Gasteiger partial charge in [0.2, 0.25) is 15.9 Å². The molecule has 1 atom stereocenters. The van der Waals surface area contributed by atoms with Crippen molar-refractivity contribution in [1.82, 2.24) is 9.46 Å². The van der Waals surface area contributed by atoms with Gasteiger partial charge >= 0.3 is 0 Å². The first-order valence-electron chi connectivity index (χ1n) is 8.13. The molecule has 0 bridgehead atoms. The lowest BCUT2D eigenvalue weighted by molar-refractivity contribution is -0.119. The Morgan fingerprint density at radius 3 is 2.64 bits per heavy atom. The Morgan fingerprint density at radius 2 is 2.00 bits per heavy atom. The molecule has 134 valence electrons. The highest BCUT2D eigenvalue weighted by atomic mass is 32.2. The molecule has 7 nitrogen and oxygen atoms in total. The molecule has 8 heteroatoms. The summed E-state index contributed by atoms with van der Waals surface area (Å²) in [5.41, 5.74) is 1.92. The molecule has 2 heterocycles. The molecule has 1 aliphatic rings. The molecule has 25 heavy (non-hydrogen) atoms. The maximum Gasteiger partial charge on any atom is 0.249 e. The van der Waals surface area contributed by atoms with Crippen LogP contribution in [-0.2, 0) is 14.8 Å². The van der Waals surface area contributed by atoms with E-state index < -0.39 is 16.1 Å². The van der Waals surface area contributed by atoms with E-state index in [1.807, 2.05) is 25.1 Å². The second-order valence-corrected chi connectivity index (χ2v) is 8.06. The first-order valence-corrected chi connectivity index (χ1v) is 9.57. The van der Waals surface area contributed by atoms with Crippen molar-refractivity contribution in [3.63, 3.8) is 0 Å². The summed E-state index contributed by atoms with van der Waals surface area (Å²) in [5, 5.41) is 6.57. The standard InChI is InChI=1S/C17H21N3O4S/c1-11-7-4-5-8-14(11)18-17(21)15-9-6-10-20(15)25(22,23)16-12(2)19-24-13(16)3/h4-5,7-8,15H,6,9-10H2,1-3H3,(H,18,21)/t15-/m0/s1. The number of benzene rings is 1.